The minimum absolute atomic E-state index is 0.257. The van der Waals surface area contributed by atoms with Crippen molar-refractivity contribution in [2.75, 3.05) is 14.2 Å². The van der Waals surface area contributed by atoms with Gasteiger partial charge in [0, 0.05) is 22.1 Å². The topological polar surface area (TPSA) is 95.7 Å². The Labute approximate surface area is 189 Å². The quantitative estimate of drug-likeness (QED) is 0.586. The molecule has 0 unspecified atom stereocenters. The van der Waals surface area contributed by atoms with Crippen LogP contribution in [0.2, 0.25) is 5.02 Å². The molecule has 2 aromatic carbocycles. The molecule has 1 aliphatic carbocycles. The van der Waals surface area contributed by atoms with E-state index in [0.717, 1.165) is 29.9 Å². The molecular weight excluding hydrogens is 434 g/mol. The lowest BCUT2D eigenvalue weighted by molar-refractivity contribution is -0.141. The van der Waals surface area contributed by atoms with Crippen LogP contribution in [0.4, 0.5) is 0 Å². The predicted octanol–water partition coefficient (Wildman–Crippen LogP) is 4.45. The third-order valence-corrected chi connectivity index (χ3v) is 6.07. The zero-order valence-electron chi connectivity index (χ0n) is 17.6. The summed E-state index contributed by atoms with van der Waals surface area (Å²) in [5.74, 6) is 1.67. The molecule has 1 aliphatic heterocycles. The number of fused-ring (bicyclic) bond motifs is 3. The number of carboxylic acid groups (broad SMARTS) is 1. The summed E-state index contributed by atoms with van der Waals surface area (Å²) in [5.41, 5.74) is 2.30. The molecule has 0 radical (unpaired) electrons. The molecule has 0 amide bonds. The molecule has 2 heterocycles. The van der Waals surface area contributed by atoms with E-state index in [9.17, 15) is 9.90 Å². The lowest BCUT2D eigenvalue weighted by Gasteiger charge is -2.24. The summed E-state index contributed by atoms with van der Waals surface area (Å²) >= 11 is 6.41. The van der Waals surface area contributed by atoms with Crippen LogP contribution in [0.25, 0.3) is 5.69 Å². The number of carbonyl (C=O) groups is 1. The van der Waals surface area contributed by atoms with Crippen LogP contribution in [0.15, 0.2) is 36.4 Å². The van der Waals surface area contributed by atoms with Crippen LogP contribution >= 0.6 is 11.6 Å². The molecule has 1 N–H and O–H groups in total. The Kier molecular flexibility index (Phi) is 5.27. The summed E-state index contributed by atoms with van der Waals surface area (Å²) in [7, 11) is 3.13. The first-order valence-electron chi connectivity index (χ1n) is 10.3. The Morgan fingerprint density at radius 2 is 1.94 bits per heavy atom. The summed E-state index contributed by atoms with van der Waals surface area (Å²) < 4.78 is 19.6. The molecule has 0 saturated heterocycles. The number of halogens is 1. The van der Waals surface area contributed by atoms with E-state index in [2.05, 4.69) is 10.2 Å². The number of ether oxygens (including phenoxy) is 3. The number of aliphatic carboxylic acids is 1. The maximum atomic E-state index is 11.7. The van der Waals surface area contributed by atoms with Crippen molar-refractivity contribution in [2.45, 2.75) is 37.4 Å². The second kappa shape index (κ2) is 8.11. The number of hydrogen-bond donors (Lipinski definition) is 1. The van der Waals surface area contributed by atoms with Crippen LogP contribution in [0.3, 0.4) is 0 Å². The molecule has 0 spiro atoms. The average molecular weight is 456 g/mol. The lowest BCUT2D eigenvalue weighted by Crippen LogP contribution is -2.15. The number of para-hydroxylation sites is 1. The Morgan fingerprint density at radius 1 is 1.16 bits per heavy atom. The first kappa shape index (κ1) is 20.8. The first-order chi connectivity index (χ1) is 15.5. The second-order valence-electron chi connectivity index (χ2n) is 7.91. The molecule has 1 fully saturated rings. The van der Waals surface area contributed by atoms with Crippen LogP contribution in [-0.2, 0) is 9.53 Å². The van der Waals surface area contributed by atoms with Gasteiger partial charge in [0.2, 0.25) is 0 Å². The van der Waals surface area contributed by atoms with Crippen molar-refractivity contribution in [3.05, 3.63) is 64.2 Å². The second-order valence-corrected chi connectivity index (χ2v) is 8.35. The monoisotopic (exact) mass is 455 g/mol. The summed E-state index contributed by atoms with van der Waals surface area (Å²) in [5, 5.41) is 18.9. The molecule has 1 saturated carbocycles. The molecule has 2 aliphatic rings. The van der Waals surface area contributed by atoms with Crippen molar-refractivity contribution in [2.24, 2.45) is 0 Å². The largest absolute Gasteiger partial charge is 0.493 e. The van der Waals surface area contributed by atoms with Crippen LogP contribution in [0.5, 0.6) is 11.5 Å². The number of nitrogens with zero attached hydrogens (tertiary/aromatic N) is 3. The molecule has 166 valence electrons. The van der Waals surface area contributed by atoms with E-state index in [1.54, 1.807) is 26.4 Å². The van der Waals surface area contributed by atoms with Crippen molar-refractivity contribution < 1.29 is 24.1 Å². The van der Waals surface area contributed by atoms with Gasteiger partial charge in [-0.3, -0.25) is 9.36 Å². The standard InChI is InChI=1S/C23H22ClN3O5/c1-30-17-5-3-4-14(21(17)31-2)20-15-10-13(24)8-9-16(15)27-22(12-6-7-12)25-26-23(27)18(32-20)11-19(28)29/h3-5,8-10,12,18,20H,6-7,11H2,1-2H3,(H,28,29)/t18-,20-/m0/s1. The molecule has 0 bridgehead atoms. The molecule has 8 nitrogen and oxygen atoms in total. The lowest BCUT2D eigenvalue weighted by atomic mass is 9.98. The van der Waals surface area contributed by atoms with Crippen LogP contribution in [0.1, 0.15) is 60.2 Å². The fourth-order valence-electron chi connectivity index (χ4n) is 4.26. The van der Waals surface area contributed by atoms with Gasteiger partial charge in [-0.15, -0.1) is 10.2 Å². The van der Waals surface area contributed by atoms with Crippen molar-refractivity contribution >= 4 is 17.6 Å². The SMILES string of the molecule is COc1cccc([C@@H]2O[C@@H](CC(=O)O)c3nnc(C4CC4)n3-c3ccc(Cl)cc32)c1OC. The van der Waals surface area contributed by atoms with E-state index in [1.807, 2.05) is 28.8 Å². The number of rotatable bonds is 6. The van der Waals surface area contributed by atoms with E-state index in [4.69, 9.17) is 25.8 Å². The van der Waals surface area contributed by atoms with Gasteiger partial charge in [0.1, 0.15) is 18.0 Å². The van der Waals surface area contributed by atoms with Gasteiger partial charge in [-0.25, -0.2) is 0 Å². The minimum Gasteiger partial charge on any atom is -0.493 e. The summed E-state index contributed by atoms with van der Waals surface area (Å²) in [6.45, 7) is 0. The molecule has 3 aromatic rings. The zero-order valence-corrected chi connectivity index (χ0v) is 18.4. The molecule has 5 rings (SSSR count). The number of carboxylic acids is 1. The van der Waals surface area contributed by atoms with Gasteiger partial charge in [0.05, 0.1) is 26.3 Å². The molecule has 9 heteroatoms. The summed E-state index contributed by atoms with van der Waals surface area (Å²) in [6, 6.07) is 11.1. The average Bonchev–Trinajstić information content (AvgIpc) is 3.55. The first-order valence-corrected chi connectivity index (χ1v) is 10.7. The van der Waals surface area contributed by atoms with Crippen LogP contribution in [-0.4, -0.2) is 40.1 Å². The molecule has 2 atom stereocenters. The Balaban J connectivity index is 1.76. The number of methoxy groups -OCH3 is 2. The van der Waals surface area contributed by atoms with Crippen molar-refractivity contribution in [3.63, 3.8) is 0 Å². The zero-order chi connectivity index (χ0) is 22.4. The van der Waals surface area contributed by atoms with E-state index in [1.165, 1.54) is 0 Å². The maximum Gasteiger partial charge on any atom is 0.306 e. The van der Waals surface area contributed by atoms with Gasteiger partial charge in [-0.05, 0) is 37.1 Å². The molecule has 1 aromatic heterocycles. The van der Waals surface area contributed by atoms with Crippen LogP contribution in [0, 0.1) is 0 Å². The van der Waals surface area contributed by atoms with Gasteiger partial charge in [0.15, 0.2) is 17.3 Å². The minimum atomic E-state index is -0.988. The smallest absolute Gasteiger partial charge is 0.306 e. The van der Waals surface area contributed by atoms with Crippen molar-refractivity contribution in [1.29, 1.82) is 0 Å². The van der Waals surface area contributed by atoms with Gasteiger partial charge in [-0.2, -0.15) is 0 Å². The molecular formula is C23H22ClN3O5. The van der Waals surface area contributed by atoms with E-state index in [0.29, 0.717) is 33.8 Å². The van der Waals surface area contributed by atoms with E-state index < -0.39 is 18.2 Å². The highest BCUT2D eigenvalue weighted by Gasteiger charge is 2.39. The third-order valence-electron chi connectivity index (χ3n) is 5.83. The van der Waals surface area contributed by atoms with Gasteiger partial charge in [-0.1, -0.05) is 23.7 Å². The fraction of sp³-hybridized carbons (Fsp3) is 0.348. The van der Waals surface area contributed by atoms with Crippen LogP contribution < -0.4 is 9.47 Å². The maximum absolute atomic E-state index is 11.7. The van der Waals surface area contributed by atoms with Gasteiger partial charge >= 0.3 is 5.97 Å². The number of hydrogen-bond acceptors (Lipinski definition) is 6. The molecule has 32 heavy (non-hydrogen) atoms. The number of aromatic nitrogens is 3. The van der Waals surface area contributed by atoms with Gasteiger partial charge < -0.3 is 19.3 Å². The highest BCUT2D eigenvalue weighted by atomic mass is 35.5. The highest BCUT2D eigenvalue weighted by Crippen LogP contribution is 2.48. The predicted molar refractivity (Wildman–Crippen MR) is 116 cm³/mol. The van der Waals surface area contributed by atoms with Crippen molar-refractivity contribution in [3.8, 4) is 17.2 Å². The Morgan fingerprint density at radius 3 is 2.62 bits per heavy atom. The summed E-state index contributed by atoms with van der Waals surface area (Å²) in [6.07, 6.45) is 0.316. The third kappa shape index (κ3) is 3.49. The fourth-order valence-corrected chi connectivity index (χ4v) is 4.45. The van der Waals surface area contributed by atoms with Crippen molar-refractivity contribution in [1.82, 2.24) is 14.8 Å². The van der Waals surface area contributed by atoms with Gasteiger partial charge in [0.25, 0.3) is 0 Å². The number of benzene rings is 2. The highest BCUT2D eigenvalue weighted by molar-refractivity contribution is 6.30. The summed E-state index contributed by atoms with van der Waals surface area (Å²) in [4.78, 5) is 11.7. The van der Waals surface area contributed by atoms with E-state index in [-0.39, 0.29) is 6.42 Å². The Bertz CT molecular complexity index is 1190. The van der Waals surface area contributed by atoms with E-state index >= 15 is 0 Å². The normalized spacial score (nSPS) is 19.6. The Hall–Kier alpha value is -3.10.